The number of carbonyl (C=O) groups is 1. The number of carbonyl (C=O) groups excluding carboxylic acids is 1. The van der Waals surface area contributed by atoms with Gasteiger partial charge in [0.25, 0.3) is 0 Å². The van der Waals surface area contributed by atoms with Gasteiger partial charge in [0.05, 0.1) is 12.2 Å². The molecule has 2 aliphatic rings. The summed E-state index contributed by atoms with van der Waals surface area (Å²) in [7, 11) is 0. The van der Waals surface area contributed by atoms with Crippen LogP contribution in [0.3, 0.4) is 0 Å². The second-order valence-corrected chi connectivity index (χ2v) is 5.93. The average molecular weight is 252 g/mol. The Morgan fingerprint density at radius 3 is 2.61 bits per heavy atom. The third-order valence-corrected chi connectivity index (χ3v) is 4.51. The van der Waals surface area contributed by atoms with Crippen LogP contribution in [0.25, 0.3) is 0 Å². The van der Waals surface area contributed by atoms with Crippen molar-refractivity contribution in [2.75, 3.05) is 6.54 Å². The molecule has 3 heteroatoms. The smallest absolute Gasteiger partial charge is 0.241 e. The molecule has 2 rings (SSSR count). The highest BCUT2D eigenvalue weighted by molar-refractivity contribution is 5.84. The van der Waals surface area contributed by atoms with Gasteiger partial charge in [-0.1, -0.05) is 39.5 Å². The van der Waals surface area contributed by atoms with E-state index in [9.17, 15) is 4.79 Å². The van der Waals surface area contributed by atoms with Crippen LogP contribution in [0, 0.1) is 5.92 Å². The number of hydrogen-bond acceptors (Lipinski definition) is 2. The van der Waals surface area contributed by atoms with Gasteiger partial charge in [0.2, 0.25) is 5.91 Å². The van der Waals surface area contributed by atoms with Crippen LogP contribution in [0.1, 0.15) is 65.2 Å². The fourth-order valence-electron chi connectivity index (χ4n) is 3.39. The molecule has 3 nitrogen and oxygen atoms in total. The first-order chi connectivity index (χ1) is 8.76. The Kier molecular flexibility index (Phi) is 5.04. The minimum Gasteiger partial charge on any atom is -0.326 e. The summed E-state index contributed by atoms with van der Waals surface area (Å²) in [4.78, 5) is 14.6. The van der Waals surface area contributed by atoms with Crippen molar-refractivity contribution in [2.24, 2.45) is 5.92 Å². The Labute approximate surface area is 111 Å². The van der Waals surface area contributed by atoms with Gasteiger partial charge in [-0.2, -0.15) is 0 Å². The summed E-state index contributed by atoms with van der Waals surface area (Å²) in [6.45, 7) is 5.36. The molecule has 1 N–H and O–H groups in total. The number of nitrogens with one attached hydrogen (secondary N) is 1. The van der Waals surface area contributed by atoms with Crippen molar-refractivity contribution in [2.45, 2.75) is 77.4 Å². The Morgan fingerprint density at radius 2 is 2.00 bits per heavy atom. The van der Waals surface area contributed by atoms with E-state index in [0.29, 0.717) is 12.1 Å². The molecule has 0 radical (unpaired) electrons. The molecule has 2 unspecified atom stereocenters. The van der Waals surface area contributed by atoms with E-state index >= 15 is 0 Å². The SMILES string of the molecule is CCCCC1NC(CC)N(CC2CCCC2)C1=O. The van der Waals surface area contributed by atoms with Crippen LogP contribution >= 0.6 is 0 Å². The predicted molar refractivity (Wildman–Crippen MR) is 74.2 cm³/mol. The lowest BCUT2D eigenvalue weighted by Crippen LogP contribution is -2.39. The maximum Gasteiger partial charge on any atom is 0.241 e. The van der Waals surface area contributed by atoms with E-state index < -0.39 is 0 Å². The number of unbranched alkanes of at least 4 members (excludes halogenated alkanes) is 1. The predicted octanol–water partition coefficient (Wildman–Crippen LogP) is 2.90. The van der Waals surface area contributed by atoms with Crippen molar-refractivity contribution in [1.82, 2.24) is 10.2 Å². The van der Waals surface area contributed by atoms with Gasteiger partial charge in [-0.3, -0.25) is 10.1 Å². The molecule has 0 spiro atoms. The van der Waals surface area contributed by atoms with E-state index in [-0.39, 0.29) is 6.04 Å². The van der Waals surface area contributed by atoms with Gasteiger partial charge in [0, 0.05) is 6.54 Å². The molecule has 2 atom stereocenters. The lowest BCUT2D eigenvalue weighted by molar-refractivity contribution is -0.130. The van der Waals surface area contributed by atoms with Crippen LogP contribution in [0.2, 0.25) is 0 Å². The lowest BCUT2D eigenvalue weighted by atomic mass is 10.1. The molecule has 1 amide bonds. The zero-order chi connectivity index (χ0) is 13.0. The standard InChI is InChI=1S/C15H28N2O/c1-3-5-10-13-15(18)17(14(4-2)16-13)11-12-8-6-7-9-12/h12-14,16H,3-11H2,1-2H3. The maximum absolute atomic E-state index is 12.4. The van der Waals surface area contributed by atoms with Crippen LogP contribution in [-0.2, 0) is 4.79 Å². The van der Waals surface area contributed by atoms with E-state index in [0.717, 1.165) is 31.7 Å². The van der Waals surface area contributed by atoms with Crippen molar-refractivity contribution in [3.05, 3.63) is 0 Å². The van der Waals surface area contributed by atoms with Crippen molar-refractivity contribution >= 4 is 5.91 Å². The number of amides is 1. The molecule has 2 fully saturated rings. The highest BCUT2D eigenvalue weighted by Gasteiger charge is 2.38. The molecule has 18 heavy (non-hydrogen) atoms. The van der Waals surface area contributed by atoms with Gasteiger partial charge >= 0.3 is 0 Å². The second-order valence-electron chi connectivity index (χ2n) is 5.93. The molecular weight excluding hydrogens is 224 g/mol. The molecule has 1 saturated carbocycles. The normalized spacial score (nSPS) is 29.4. The Hall–Kier alpha value is -0.570. The van der Waals surface area contributed by atoms with Crippen LogP contribution < -0.4 is 5.32 Å². The summed E-state index contributed by atoms with van der Waals surface area (Å²) in [6, 6.07) is 0.0938. The maximum atomic E-state index is 12.4. The van der Waals surface area contributed by atoms with Crippen molar-refractivity contribution in [3.8, 4) is 0 Å². The number of hydrogen-bond donors (Lipinski definition) is 1. The monoisotopic (exact) mass is 252 g/mol. The Morgan fingerprint density at radius 1 is 1.28 bits per heavy atom. The Balaban J connectivity index is 1.91. The summed E-state index contributed by atoms with van der Waals surface area (Å²) in [5.74, 6) is 1.12. The summed E-state index contributed by atoms with van der Waals surface area (Å²) < 4.78 is 0. The molecule has 104 valence electrons. The van der Waals surface area contributed by atoms with Gasteiger partial charge in [0.15, 0.2) is 0 Å². The molecule has 1 heterocycles. The van der Waals surface area contributed by atoms with Gasteiger partial charge in [-0.25, -0.2) is 0 Å². The van der Waals surface area contributed by atoms with Gasteiger partial charge in [0.1, 0.15) is 0 Å². The molecule has 1 aliphatic heterocycles. The largest absolute Gasteiger partial charge is 0.326 e. The van der Waals surface area contributed by atoms with Crippen molar-refractivity contribution in [3.63, 3.8) is 0 Å². The first kappa shape index (κ1) is 13.9. The van der Waals surface area contributed by atoms with Crippen LogP contribution in [-0.4, -0.2) is 29.6 Å². The second kappa shape index (κ2) is 6.55. The molecule has 0 aromatic rings. The van der Waals surface area contributed by atoms with E-state index in [1.54, 1.807) is 0 Å². The molecule has 0 aromatic carbocycles. The summed E-state index contributed by atoms with van der Waals surface area (Å²) in [5.41, 5.74) is 0. The van der Waals surface area contributed by atoms with Gasteiger partial charge in [-0.05, 0) is 31.6 Å². The fraction of sp³-hybridized carbons (Fsp3) is 0.933. The minimum atomic E-state index is 0.0938. The van der Waals surface area contributed by atoms with Crippen LogP contribution in [0.5, 0.6) is 0 Å². The number of rotatable bonds is 6. The highest BCUT2D eigenvalue weighted by Crippen LogP contribution is 2.28. The first-order valence-electron chi connectivity index (χ1n) is 7.82. The third kappa shape index (κ3) is 3.05. The molecular formula is C15H28N2O. The van der Waals surface area contributed by atoms with Crippen molar-refractivity contribution in [1.29, 1.82) is 0 Å². The van der Waals surface area contributed by atoms with Crippen LogP contribution in [0.15, 0.2) is 0 Å². The number of nitrogens with zero attached hydrogens (tertiary/aromatic N) is 1. The lowest BCUT2D eigenvalue weighted by Gasteiger charge is -2.26. The zero-order valence-electron chi connectivity index (χ0n) is 12.0. The quantitative estimate of drug-likeness (QED) is 0.788. The van der Waals surface area contributed by atoms with E-state index in [1.807, 2.05) is 0 Å². The van der Waals surface area contributed by atoms with Crippen molar-refractivity contribution < 1.29 is 4.79 Å². The minimum absolute atomic E-state index is 0.0938. The van der Waals surface area contributed by atoms with E-state index in [2.05, 4.69) is 24.1 Å². The summed E-state index contributed by atoms with van der Waals surface area (Å²) >= 11 is 0. The topological polar surface area (TPSA) is 32.3 Å². The first-order valence-corrected chi connectivity index (χ1v) is 7.82. The highest BCUT2D eigenvalue weighted by atomic mass is 16.2. The molecule has 1 saturated heterocycles. The summed E-state index contributed by atoms with van der Waals surface area (Å²) in [6.07, 6.45) is 10.0. The fourth-order valence-corrected chi connectivity index (χ4v) is 3.39. The zero-order valence-corrected chi connectivity index (χ0v) is 12.0. The van der Waals surface area contributed by atoms with Crippen LogP contribution in [0.4, 0.5) is 0 Å². The average Bonchev–Trinajstić information content (AvgIpc) is 2.98. The van der Waals surface area contributed by atoms with E-state index in [1.165, 1.54) is 32.1 Å². The van der Waals surface area contributed by atoms with E-state index in [4.69, 9.17) is 0 Å². The van der Waals surface area contributed by atoms with Gasteiger partial charge < -0.3 is 4.90 Å². The third-order valence-electron chi connectivity index (χ3n) is 4.51. The molecule has 0 bridgehead atoms. The molecule has 0 aromatic heterocycles. The molecule has 1 aliphatic carbocycles. The summed E-state index contributed by atoms with van der Waals surface area (Å²) in [5, 5.41) is 3.53. The Bertz CT molecular complexity index is 274. The van der Waals surface area contributed by atoms with Gasteiger partial charge in [-0.15, -0.1) is 0 Å².